The third-order valence-electron chi connectivity index (χ3n) is 12.2. The van der Waals surface area contributed by atoms with Gasteiger partial charge in [0, 0.05) is 53.6 Å². The second kappa shape index (κ2) is 16.9. The first-order valence-corrected chi connectivity index (χ1v) is 19.2. The van der Waals surface area contributed by atoms with Crippen molar-refractivity contribution < 1.29 is 30.3 Å². The minimum atomic E-state index is -1.18. The molecule has 3 aromatic rings. The first kappa shape index (κ1) is 37.2. The summed E-state index contributed by atoms with van der Waals surface area (Å²) in [5, 5.41) is 56.0. The Morgan fingerprint density at radius 3 is 2.53 bits per heavy atom. The van der Waals surface area contributed by atoms with E-state index in [2.05, 4.69) is 34.8 Å². The van der Waals surface area contributed by atoms with Crippen molar-refractivity contribution in [1.82, 2.24) is 9.97 Å². The summed E-state index contributed by atoms with van der Waals surface area (Å²) in [5.41, 5.74) is 9.01. The zero-order valence-electron chi connectivity index (χ0n) is 30.0. The maximum absolute atomic E-state index is 11.6. The maximum atomic E-state index is 11.6. The predicted molar refractivity (Wildman–Crippen MR) is 198 cm³/mol. The second-order valence-corrected chi connectivity index (χ2v) is 15.4. The van der Waals surface area contributed by atoms with Crippen LogP contribution in [-0.2, 0) is 11.8 Å². The van der Waals surface area contributed by atoms with Crippen LogP contribution < -0.4 is 10.5 Å². The highest BCUT2D eigenvalue weighted by atomic mass is 16.5. The molecule has 51 heavy (non-hydrogen) atoms. The normalized spacial score (nSPS) is 29.4. The van der Waals surface area contributed by atoms with Crippen molar-refractivity contribution >= 4 is 5.82 Å². The third-order valence-corrected chi connectivity index (χ3v) is 12.2. The number of nitrogens with zero attached hydrogens (tertiary/aromatic N) is 1. The number of pyridine rings is 1. The highest BCUT2D eigenvalue weighted by molar-refractivity contribution is 5.43. The molecule has 2 heterocycles. The molecule has 9 nitrogen and oxygen atoms in total. The fourth-order valence-corrected chi connectivity index (χ4v) is 9.38. The van der Waals surface area contributed by atoms with Crippen molar-refractivity contribution in [1.29, 1.82) is 0 Å². The minimum absolute atomic E-state index is 0.0570. The lowest BCUT2D eigenvalue weighted by atomic mass is 9.59. The Bertz CT molecular complexity index is 1610. The van der Waals surface area contributed by atoms with Crippen LogP contribution >= 0.6 is 0 Å². The number of benzene rings is 1. The van der Waals surface area contributed by atoms with Crippen molar-refractivity contribution in [3.8, 4) is 23.3 Å². The van der Waals surface area contributed by atoms with Crippen molar-refractivity contribution in [2.75, 3.05) is 5.73 Å². The van der Waals surface area contributed by atoms with Crippen LogP contribution in [0.1, 0.15) is 113 Å². The predicted octanol–water partition coefficient (Wildman–Crippen LogP) is 6.14. The number of ether oxygens (including phenoxy) is 1. The number of aryl methyl sites for hydroxylation is 1. The number of nitrogens with two attached hydrogens (primary N) is 1. The Hall–Kier alpha value is -3.55. The van der Waals surface area contributed by atoms with Gasteiger partial charge in [-0.2, -0.15) is 0 Å². The average molecular weight is 700 g/mol. The quantitative estimate of drug-likeness (QED) is 0.117. The second-order valence-electron chi connectivity index (χ2n) is 15.4. The van der Waals surface area contributed by atoms with E-state index < -0.39 is 30.5 Å². The number of H-pyrrole nitrogens is 1. The van der Waals surface area contributed by atoms with E-state index in [-0.39, 0.29) is 34.7 Å². The van der Waals surface area contributed by atoms with Crippen LogP contribution in [0.4, 0.5) is 5.82 Å². The molecule has 0 aliphatic heterocycles. The fourth-order valence-electron chi connectivity index (χ4n) is 9.38. The van der Waals surface area contributed by atoms with Crippen molar-refractivity contribution in [2.24, 2.45) is 17.8 Å². The van der Waals surface area contributed by atoms with Crippen LogP contribution in [0, 0.1) is 29.6 Å². The number of aliphatic hydroxyl groups excluding tert-OH is 4. The van der Waals surface area contributed by atoms with Crippen LogP contribution in [0.3, 0.4) is 0 Å². The largest absolute Gasteiger partial charge is 0.504 e. The molecule has 9 unspecified atom stereocenters. The number of hydrogen-bond acceptors (Lipinski definition) is 8. The Morgan fingerprint density at radius 2 is 1.78 bits per heavy atom. The summed E-state index contributed by atoms with van der Waals surface area (Å²) >= 11 is 0. The maximum Gasteiger partial charge on any atom is 0.161 e. The lowest BCUT2D eigenvalue weighted by Crippen LogP contribution is -2.54. The molecule has 0 bridgehead atoms. The van der Waals surface area contributed by atoms with E-state index in [0.29, 0.717) is 50.3 Å². The van der Waals surface area contributed by atoms with Crippen molar-refractivity contribution in [2.45, 2.75) is 139 Å². The van der Waals surface area contributed by atoms with E-state index in [4.69, 9.17) is 10.5 Å². The van der Waals surface area contributed by atoms with Gasteiger partial charge in [0.1, 0.15) is 18.0 Å². The van der Waals surface area contributed by atoms with Crippen LogP contribution in [0.25, 0.3) is 0 Å². The summed E-state index contributed by atoms with van der Waals surface area (Å²) in [4.78, 5) is 7.79. The van der Waals surface area contributed by atoms with Gasteiger partial charge in [0.2, 0.25) is 0 Å². The SMILES string of the molecule is CCC1C#CCC(C(O)CCc2ccc(O)c(OC3C(O)C(O)CCC3C(c3ccnc(N)c3)C3(c4ccc[nH]4)CCCC3)c2)C(O)CCCC1. The lowest BCUT2D eigenvalue weighted by Gasteiger charge is -2.48. The summed E-state index contributed by atoms with van der Waals surface area (Å²) < 4.78 is 6.66. The number of anilines is 1. The average Bonchev–Trinajstić information content (AvgIpc) is 3.85. The number of nitrogen functional groups attached to an aromatic ring is 1. The van der Waals surface area contributed by atoms with Gasteiger partial charge in [-0.15, -0.1) is 5.92 Å². The Balaban J connectivity index is 1.26. The van der Waals surface area contributed by atoms with Gasteiger partial charge in [-0.05, 0) is 105 Å². The number of rotatable bonds is 11. The minimum Gasteiger partial charge on any atom is -0.504 e. The van der Waals surface area contributed by atoms with Gasteiger partial charge in [-0.1, -0.05) is 44.6 Å². The van der Waals surface area contributed by atoms with E-state index in [1.807, 2.05) is 30.5 Å². The molecule has 0 radical (unpaired) electrons. The number of aliphatic hydroxyl groups is 4. The molecular formula is C42H57N3O6. The van der Waals surface area contributed by atoms with Crippen molar-refractivity contribution in [3.05, 3.63) is 71.7 Å². The molecule has 2 fully saturated rings. The standard InChI is InChI=1S/C42H57N3O6/c1-2-27-9-3-4-12-32(46)30(11-7-10-27)33(47)17-14-28-15-18-34(48)36(25-28)51-41-31(16-19-35(49)40(41)50)39(29-20-24-45-38(43)26-29)42(21-5-6-22-42)37-13-8-23-44-37/h8,13,15,18,20,23-27,30-33,35,39-41,44,46-50H,2-6,9,11-12,14,16-17,19,21-22H2,1H3,(H2,43,45). The topological polar surface area (TPSA) is 165 Å². The lowest BCUT2D eigenvalue weighted by molar-refractivity contribution is -0.109. The molecule has 6 rings (SSSR count). The van der Waals surface area contributed by atoms with Gasteiger partial charge in [0.05, 0.1) is 18.3 Å². The van der Waals surface area contributed by atoms with Crippen molar-refractivity contribution in [3.63, 3.8) is 0 Å². The highest BCUT2D eigenvalue weighted by Gasteiger charge is 2.53. The Labute approximate surface area is 302 Å². The molecular weight excluding hydrogens is 642 g/mol. The first-order valence-electron chi connectivity index (χ1n) is 19.2. The van der Waals surface area contributed by atoms with Crippen LogP contribution in [0.15, 0.2) is 54.9 Å². The van der Waals surface area contributed by atoms with Crippen LogP contribution in [0.2, 0.25) is 0 Å². The molecule has 3 aliphatic rings. The van der Waals surface area contributed by atoms with Gasteiger partial charge in [0.15, 0.2) is 11.5 Å². The van der Waals surface area contributed by atoms with Crippen LogP contribution in [-0.4, -0.2) is 66.0 Å². The van der Waals surface area contributed by atoms with Crippen LogP contribution in [0.5, 0.6) is 11.5 Å². The number of phenols is 1. The van der Waals surface area contributed by atoms with E-state index >= 15 is 0 Å². The highest BCUT2D eigenvalue weighted by Crippen LogP contribution is 2.56. The monoisotopic (exact) mass is 699 g/mol. The smallest absolute Gasteiger partial charge is 0.161 e. The summed E-state index contributed by atoms with van der Waals surface area (Å²) in [6, 6.07) is 13.3. The number of phenolic OH excluding ortho intramolecular Hbond substituents is 1. The third kappa shape index (κ3) is 8.41. The van der Waals surface area contributed by atoms with Gasteiger partial charge < -0.3 is 41.0 Å². The molecule has 2 saturated carbocycles. The molecule has 3 aliphatic carbocycles. The number of aromatic nitrogens is 2. The molecule has 0 spiro atoms. The molecule has 9 heteroatoms. The molecule has 276 valence electrons. The fraction of sp³-hybridized carbons (Fsp3) is 0.595. The number of aromatic amines is 1. The molecule has 1 aromatic carbocycles. The molecule has 8 N–H and O–H groups in total. The summed E-state index contributed by atoms with van der Waals surface area (Å²) in [6.45, 7) is 2.16. The molecule has 0 amide bonds. The zero-order valence-corrected chi connectivity index (χ0v) is 30.0. The zero-order chi connectivity index (χ0) is 36.0. The molecule has 9 atom stereocenters. The van der Waals surface area contributed by atoms with Gasteiger partial charge in [-0.3, -0.25) is 0 Å². The molecule has 0 saturated heterocycles. The van der Waals surface area contributed by atoms with E-state index in [9.17, 15) is 25.5 Å². The van der Waals surface area contributed by atoms with E-state index in [1.54, 1.807) is 18.3 Å². The first-order chi connectivity index (χ1) is 24.7. The van der Waals surface area contributed by atoms with E-state index in [1.165, 1.54) is 0 Å². The molecule has 2 aromatic heterocycles. The Kier molecular flexibility index (Phi) is 12.3. The number of hydrogen-bond donors (Lipinski definition) is 7. The van der Waals surface area contributed by atoms with Gasteiger partial charge in [0.25, 0.3) is 0 Å². The number of nitrogens with one attached hydrogen (secondary N) is 1. The van der Waals surface area contributed by atoms with Gasteiger partial charge in [-0.25, -0.2) is 4.98 Å². The summed E-state index contributed by atoms with van der Waals surface area (Å²) in [5.74, 6) is 6.93. The van der Waals surface area contributed by atoms with Gasteiger partial charge >= 0.3 is 0 Å². The Morgan fingerprint density at radius 1 is 0.980 bits per heavy atom. The number of aromatic hydroxyl groups is 1. The summed E-state index contributed by atoms with van der Waals surface area (Å²) in [7, 11) is 0. The summed E-state index contributed by atoms with van der Waals surface area (Å²) in [6.07, 6.45) is 10.5. The van der Waals surface area contributed by atoms with E-state index in [0.717, 1.165) is 68.2 Å².